The zero-order valence-corrected chi connectivity index (χ0v) is 17.8. The number of hydrogen-bond donors (Lipinski definition) is 5. The lowest BCUT2D eigenvalue weighted by molar-refractivity contribution is -0.158. The molecular formula is C23H27N3O7. The van der Waals surface area contributed by atoms with E-state index in [1.54, 1.807) is 60.7 Å². The molecule has 176 valence electrons. The van der Waals surface area contributed by atoms with Gasteiger partial charge in [0.2, 0.25) is 0 Å². The molecule has 1 amide bonds. The lowest BCUT2D eigenvalue weighted by atomic mass is 10.0. The first-order valence-electron chi connectivity index (χ1n) is 10.3. The van der Waals surface area contributed by atoms with Crippen molar-refractivity contribution in [2.45, 2.75) is 43.8 Å². The maximum Gasteiger partial charge on any atom is 0.328 e. The van der Waals surface area contributed by atoms with Crippen LogP contribution in [0.15, 0.2) is 60.7 Å². The van der Waals surface area contributed by atoms with Crippen LogP contribution in [0.2, 0.25) is 0 Å². The molecule has 2 aromatic rings. The monoisotopic (exact) mass is 457 g/mol. The number of nitrogens with one attached hydrogen (secondary N) is 1. The van der Waals surface area contributed by atoms with E-state index >= 15 is 0 Å². The highest BCUT2D eigenvalue weighted by molar-refractivity contribution is 5.87. The molecule has 0 radical (unpaired) electrons. The number of rotatable bonds is 13. The molecule has 0 aliphatic carbocycles. The van der Waals surface area contributed by atoms with Crippen molar-refractivity contribution in [1.29, 1.82) is 0 Å². The summed E-state index contributed by atoms with van der Waals surface area (Å²) >= 11 is 0. The van der Waals surface area contributed by atoms with Crippen molar-refractivity contribution in [2.75, 3.05) is 0 Å². The Hall–Kier alpha value is -3.76. The predicted octanol–water partition coefficient (Wildman–Crippen LogP) is 0.904. The summed E-state index contributed by atoms with van der Waals surface area (Å²) in [5.74, 6) is -4.89. The molecule has 0 saturated carbocycles. The average Bonchev–Trinajstić information content (AvgIpc) is 2.78. The van der Waals surface area contributed by atoms with Crippen LogP contribution >= 0.6 is 0 Å². The Labute approximate surface area is 190 Å². The Morgan fingerprint density at radius 1 is 0.818 bits per heavy atom. The van der Waals surface area contributed by atoms with Crippen LogP contribution in [0.4, 0.5) is 0 Å². The number of hydrogen-bond acceptors (Lipinski definition) is 6. The van der Waals surface area contributed by atoms with Crippen LogP contribution in [-0.2, 0) is 32.0 Å². The van der Waals surface area contributed by atoms with Crippen LogP contribution in [-0.4, -0.2) is 62.3 Å². The van der Waals surface area contributed by atoms with Crippen LogP contribution < -0.4 is 11.2 Å². The molecule has 10 heteroatoms. The van der Waals surface area contributed by atoms with Gasteiger partial charge in [-0.15, -0.1) is 0 Å². The highest BCUT2D eigenvalue weighted by Gasteiger charge is 2.36. The van der Waals surface area contributed by atoms with Crippen molar-refractivity contribution >= 4 is 23.8 Å². The first-order chi connectivity index (χ1) is 15.7. The molecule has 2 rings (SSSR count). The molecule has 10 nitrogen and oxygen atoms in total. The second kappa shape index (κ2) is 12.3. The van der Waals surface area contributed by atoms with E-state index in [1.165, 1.54) is 0 Å². The summed E-state index contributed by atoms with van der Waals surface area (Å²) in [6, 6.07) is 13.2. The minimum absolute atomic E-state index is 0.0425. The van der Waals surface area contributed by atoms with E-state index in [-0.39, 0.29) is 12.8 Å². The number of carbonyl (C=O) groups excluding carboxylic acids is 1. The van der Waals surface area contributed by atoms with E-state index in [2.05, 4.69) is 5.43 Å². The standard InChI is InChI=1S/C23H27N3O7/c24-17(13-15-7-3-1-4-8-15)21(29)26(19(23(32)33)11-12-20(27)28)25-18(22(30)31)14-16-9-5-2-6-10-16/h1-10,17-19,25H,11-14,24H2,(H,27,28)(H,30,31)(H,32,33)/t17-,18-,19-/m0/s1. The smallest absolute Gasteiger partial charge is 0.328 e. The summed E-state index contributed by atoms with van der Waals surface area (Å²) < 4.78 is 0. The number of nitrogens with zero attached hydrogens (tertiary/aromatic N) is 1. The van der Waals surface area contributed by atoms with Crippen molar-refractivity contribution in [2.24, 2.45) is 5.73 Å². The Morgan fingerprint density at radius 2 is 1.33 bits per heavy atom. The lowest BCUT2D eigenvalue weighted by Crippen LogP contribution is -2.62. The van der Waals surface area contributed by atoms with Crippen molar-refractivity contribution in [3.63, 3.8) is 0 Å². The summed E-state index contributed by atoms with van der Waals surface area (Å²) in [5.41, 5.74) is 9.94. The number of nitrogens with two attached hydrogens (primary N) is 1. The summed E-state index contributed by atoms with van der Waals surface area (Å²) in [6.45, 7) is 0. The third-order valence-corrected chi connectivity index (χ3v) is 4.96. The van der Waals surface area contributed by atoms with Crippen LogP contribution in [0.1, 0.15) is 24.0 Å². The number of carbonyl (C=O) groups is 4. The fraction of sp³-hybridized carbons (Fsp3) is 0.304. The minimum Gasteiger partial charge on any atom is -0.481 e. The molecule has 0 unspecified atom stereocenters. The molecule has 0 bridgehead atoms. The summed E-state index contributed by atoms with van der Waals surface area (Å²) in [4.78, 5) is 48.1. The second-order valence-electron chi connectivity index (χ2n) is 7.50. The summed E-state index contributed by atoms with van der Waals surface area (Å²) in [5, 5.41) is 29.1. The molecule has 3 atom stereocenters. The van der Waals surface area contributed by atoms with Gasteiger partial charge in [-0.3, -0.25) is 19.4 Å². The third kappa shape index (κ3) is 8.02. The molecule has 0 heterocycles. The fourth-order valence-corrected chi connectivity index (χ4v) is 3.27. The van der Waals surface area contributed by atoms with Gasteiger partial charge in [0.1, 0.15) is 12.1 Å². The van der Waals surface area contributed by atoms with Gasteiger partial charge in [-0.25, -0.2) is 10.2 Å². The SMILES string of the molecule is N[C@@H](Cc1ccccc1)C(=O)N(N[C@@H](Cc1ccccc1)C(=O)O)[C@@H](CCC(=O)O)C(=O)O. The van der Waals surface area contributed by atoms with Crippen molar-refractivity contribution < 1.29 is 34.5 Å². The number of carboxylic acid groups (broad SMARTS) is 3. The summed E-state index contributed by atoms with van der Waals surface area (Å²) in [6.07, 6.45) is -0.926. The van der Waals surface area contributed by atoms with E-state index < -0.39 is 54.8 Å². The molecule has 0 fully saturated rings. The number of carboxylic acids is 3. The van der Waals surface area contributed by atoms with E-state index in [0.717, 1.165) is 5.56 Å². The van der Waals surface area contributed by atoms with Gasteiger partial charge in [0.05, 0.1) is 6.04 Å². The molecule has 0 spiro atoms. The predicted molar refractivity (Wildman–Crippen MR) is 118 cm³/mol. The fourth-order valence-electron chi connectivity index (χ4n) is 3.27. The Balaban J connectivity index is 2.32. The molecule has 0 aliphatic rings. The first kappa shape index (κ1) is 25.5. The second-order valence-corrected chi connectivity index (χ2v) is 7.50. The quantitative estimate of drug-likeness (QED) is 0.274. The van der Waals surface area contributed by atoms with Gasteiger partial charge in [0, 0.05) is 12.8 Å². The van der Waals surface area contributed by atoms with Crippen LogP contribution in [0, 0.1) is 0 Å². The van der Waals surface area contributed by atoms with Gasteiger partial charge in [-0.1, -0.05) is 60.7 Å². The van der Waals surface area contributed by atoms with E-state index in [1.807, 2.05) is 0 Å². The molecule has 2 aromatic carbocycles. The van der Waals surface area contributed by atoms with E-state index in [9.17, 15) is 29.4 Å². The molecule has 33 heavy (non-hydrogen) atoms. The largest absolute Gasteiger partial charge is 0.481 e. The van der Waals surface area contributed by atoms with Crippen molar-refractivity contribution in [1.82, 2.24) is 10.4 Å². The lowest BCUT2D eigenvalue weighted by Gasteiger charge is -2.33. The van der Waals surface area contributed by atoms with Gasteiger partial charge in [0.25, 0.3) is 5.91 Å². The van der Waals surface area contributed by atoms with Crippen LogP contribution in [0.5, 0.6) is 0 Å². The van der Waals surface area contributed by atoms with E-state index in [0.29, 0.717) is 10.6 Å². The van der Waals surface area contributed by atoms with Crippen molar-refractivity contribution in [3.8, 4) is 0 Å². The Morgan fingerprint density at radius 3 is 1.79 bits per heavy atom. The van der Waals surface area contributed by atoms with Gasteiger partial charge < -0.3 is 21.1 Å². The number of aliphatic carboxylic acids is 3. The maximum atomic E-state index is 13.2. The van der Waals surface area contributed by atoms with Gasteiger partial charge >= 0.3 is 17.9 Å². The zero-order valence-electron chi connectivity index (χ0n) is 17.8. The molecule has 0 saturated heterocycles. The van der Waals surface area contributed by atoms with Gasteiger partial charge in [-0.2, -0.15) is 0 Å². The average molecular weight is 457 g/mol. The molecule has 0 aliphatic heterocycles. The van der Waals surface area contributed by atoms with Crippen LogP contribution in [0.25, 0.3) is 0 Å². The van der Waals surface area contributed by atoms with Gasteiger partial charge in [-0.05, 0) is 24.0 Å². The molecule has 0 aromatic heterocycles. The van der Waals surface area contributed by atoms with E-state index in [4.69, 9.17) is 10.8 Å². The Kier molecular flexibility index (Phi) is 9.52. The minimum atomic E-state index is -1.63. The first-order valence-corrected chi connectivity index (χ1v) is 10.3. The van der Waals surface area contributed by atoms with Crippen molar-refractivity contribution in [3.05, 3.63) is 71.8 Å². The normalized spacial score (nSPS) is 13.5. The third-order valence-electron chi connectivity index (χ3n) is 4.96. The number of amides is 1. The topological polar surface area (TPSA) is 170 Å². The molecular weight excluding hydrogens is 430 g/mol. The number of benzene rings is 2. The summed E-state index contributed by atoms with van der Waals surface area (Å²) in [7, 11) is 0. The number of hydrazine groups is 1. The highest BCUT2D eigenvalue weighted by atomic mass is 16.4. The zero-order chi connectivity index (χ0) is 24.4. The Bertz CT molecular complexity index is 953. The van der Waals surface area contributed by atoms with Crippen LogP contribution in [0.3, 0.4) is 0 Å². The maximum absolute atomic E-state index is 13.2. The highest BCUT2D eigenvalue weighted by Crippen LogP contribution is 2.13. The van der Waals surface area contributed by atoms with Gasteiger partial charge in [0.15, 0.2) is 0 Å². The molecule has 6 N–H and O–H groups in total.